The van der Waals surface area contributed by atoms with Crippen molar-refractivity contribution in [1.29, 1.82) is 0 Å². The number of rotatable bonds is 6. The molecule has 7 heteroatoms. The second kappa shape index (κ2) is 7.48. The number of anilines is 1. The lowest BCUT2D eigenvalue weighted by atomic mass is 10.1. The number of benzene rings is 2. The van der Waals surface area contributed by atoms with Crippen molar-refractivity contribution < 1.29 is 18.7 Å². The maximum Gasteiger partial charge on any atom is 0.322 e. The van der Waals surface area contributed by atoms with Crippen LogP contribution in [-0.2, 0) is 6.42 Å². The second-order valence-corrected chi connectivity index (χ2v) is 5.21. The van der Waals surface area contributed by atoms with Crippen LogP contribution < -0.4 is 14.8 Å². The van der Waals surface area contributed by atoms with Gasteiger partial charge in [0.05, 0.1) is 20.6 Å². The van der Waals surface area contributed by atoms with Crippen molar-refractivity contribution in [2.75, 3.05) is 19.5 Å². The third-order valence-electron chi connectivity index (χ3n) is 3.53. The molecule has 0 saturated carbocycles. The zero-order chi connectivity index (χ0) is 17.6. The van der Waals surface area contributed by atoms with Crippen LogP contribution in [0.5, 0.6) is 11.5 Å². The number of nitrogens with zero attached hydrogens (tertiary/aromatic N) is 2. The summed E-state index contributed by atoms with van der Waals surface area (Å²) < 4.78 is 15.7. The molecule has 128 valence electrons. The third-order valence-corrected chi connectivity index (χ3v) is 3.53. The molecule has 1 N–H and O–H groups in total. The van der Waals surface area contributed by atoms with Crippen molar-refractivity contribution >= 4 is 11.9 Å². The number of amides is 1. The molecule has 0 unspecified atom stereocenters. The van der Waals surface area contributed by atoms with Gasteiger partial charge in [0.2, 0.25) is 5.89 Å². The number of hydrogen-bond donors (Lipinski definition) is 1. The highest BCUT2D eigenvalue weighted by Crippen LogP contribution is 2.17. The van der Waals surface area contributed by atoms with Crippen LogP contribution in [0.15, 0.2) is 52.9 Å². The molecule has 7 nitrogen and oxygen atoms in total. The molecule has 0 aliphatic carbocycles. The fourth-order valence-electron chi connectivity index (χ4n) is 2.23. The Morgan fingerprint density at radius 1 is 1.04 bits per heavy atom. The SMILES string of the molecule is COc1ccc(Cc2nnc(NC(=O)c3cccc(OC)c3)o2)cc1. The molecule has 3 aromatic rings. The summed E-state index contributed by atoms with van der Waals surface area (Å²) in [7, 11) is 3.16. The molecule has 25 heavy (non-hydrogen) atoms. The van der Waals surface area contributed by atoms with Crippen molar-refractivity contribution in [1.82, 2.24) is 10.2 Å². The number of ether oxygens (including phenoxy) is 2. The molecule has 0 aliphatic rings. The second-order valence-electron chi connectivity index (χ2n) is 5.21. The van der Waals surface area contributed by atoms with E-state index in [-0.39, 0.29) is 11.9 Å². The highest BCUT2D eigenvalue weighted by Gasteiger charge is 2.12. The van der Waals surface area contributed by atoms with Gasteiger partial charge in [-0.2, -0.15) is 0 Å². The smallest absolute Gasteiger partial charge is 0.322 e. The zero-order valence-corrected chi connectivity index (χ0v) is 13.9. The van der Waals surface area contributed by atoms with Crippen molar-refractivity contribution in [3.05, 3.63) is 65.5 Å². The first-order valence-electron chi connectivity index (χ1n) is 7.58. The van der Waals surface area contributed by atoms with E-state index in [4.69, 9.17) is 13.9 Å². The summed E-state index contributed by atoms with van der Waals surface area (Å²) in [5.74, 6) is 1.43. The third kappa shape index (κ3) is 4.14. The fourth-order valence-corrected chi connectivity index (χ4v) is 2.23. The van der Waals surface area contributed by atoms with E-state index in [2.05, 4.69) is 15.5 Å². The average Bonchev–Trinajstić information content (AvgIpc) is 3.09. The van der Waals surface area contributed by atoms with Gasteiger partial charge in [0, 0.05) is 5.56 Å². The van der Waals surface area contributed by atoms with E-state index >= 15 is 0 Å². The Hall–Kier alpha value is -3.35. The molecular weight excluding hydrogens is 322 g/mol. The van der Waals surface area contributed by atoms with Crippen LogP contribution in [0, 0.1) is 0 Å². The lowest BCUT2D eigenvalue weighted by molar-refractivity contribution is 0.102. The Morgan fingerprint density at radius 2 is 1.80 bits per heavy atom. The minimum Gasteiger partial charge on any atom is -0.497 e. The summed E-state index contributed by atoms with van der Waals surface area (Å²) in [4.78, 5) is 12.2. The van der Waals surface area contributed by atoms with Crippen molar-refractivity contribution in [3.8, 4) is 11.5 Å². The summed E-state index contributed by atoms with van der Waals surface area (Å²) >= 11 is 0. The maximum absolute atomic E-state index is 12.2. The Morgan fingerprint density at radius 3 is 2.52 bits per heavy atom. The molecule has 2 aromatic carbocycles. The predicted molar refractivity (Wildman–Crippen MR) is 91.0 cm³/mol. The van der Waals surface area contributed by atoms with Gasteiger partial charge >= 0.3 is 6.01 Å². The summed E-state index contributed by atoms with van der Waals surface area (Å²) in [5, 5.41) is 10.4. The van der Waals surface area contributed by atoms with Crippen molar-refractivity contribution in [3.63, 3.8) is 0 Å². The molecule has 1 amide bonds. The first kappa shape index (κ1) is 16.5. The van der Waals surface area contributed by atoms with E-state index in [1.807, 2.05) is 24.3 Å². The monoisotopic (exact) mass is 339 g/mol. The van der Waals surface area contributed by atoms with E-state index in [1.165, 1.54) is 0 Å². The van der Waals surface area contributed by atoms with Crippen molar-refractivity contribution in [2.45, 2.75) is 6.42 Å². The Labute approximate surface area is 144 Å². The minimum absolute atomic E-state index is 0.0522. The van der Waals surface area contributed by atoms with Crippen LogP contribution in [-0.4, -0.2) is 30.3 Å². The molecule has 0 radical (unpaired) electrons. The van der Waals surface area contributed by atoms with Gasteiger partial charge in [-0.05, 0) is 35.9 Å². The normalized spacial score (nSPS) is 10.3. The number of aromatic nitrogens is 2. The van der Waals surface area contributed by atoms with Gasteiger partial charge in [0.25, 0.3) is 5.91 Å². The zero-order valence-electron chi connectivity index (χ0n) is 13.9. The van der Waals surface area contributed by atoms with Gasteiger partial charge in [-0.3, -0.25) is 10.1 Å². The molecule has 0 bridgehead atoms. The van der Waals surface area contributed by atoms with E-state index in [0.717, 1.165) is 11.3 Å². The van der Waals surface area contributed by atoms with Gasteiger partial charge in [0.1, 0.15) is 11.5 Å². The van der Waals surface area contributed by atoms with E-state index in [1.54, 1.807) is 38.5 Å². The molecule has 0 fully saturated rings. The van der Waals surface area contributed by atoms with Crippen LogP contribution in [0.4, 0.5) is 6.01 Å². The number of nitrogens with one attached hydrogen (secondary N) is 1. The average molecular weight is 339 g/mol. The van der Waals surface area contributed by atoms with E-state index in [9.17, 15) is 4.79 Å². The Bertz CT molecular complexity index is 859. The largest absolute Gasteiger partial charge is 0.497 e. The quantitative estimate of drug-likeness (QED) is 0.743. The van der Waals surface area contributed by atoms with Gasteiger partial charge in [-0.25, -0.2) is 0 Å². The molecule has 0 aliphatic heterocycles. The van der Waals surface area contributed by atoms with Gasteiger partial charge in [-0.1, -0.05) is 23.3 Å². The molecular formula is C18H17N3O4. The first-order chi connectivity index (χ1) is 12.2. The Kier molecular flexibility index (Phi) is 4.94. The maximum atomic E-state index is 12.2. The molecule has 0 spiro atoms. The van der Waals surface area contributed by atoms with Crippen LogP contribution in [0.2, 0.25) is 0 Å². The lowest BCUT2D eigenvalue weighted by Crippen LogP contribution is -2.12. The fraction of sp³-hybridized carbons (Fsp3) is 0.167. The Balaban J connectivity index is 1.65. The van der Waals surface area contributed by atoms with Gasteiger partial charge in [-0.15, -0.1) is 5.10 Å². The summed E-state index contributed by atoms with van der Waals surface area (Å²) in [6.45, 7) is 0. The number of hydrogen-bond acceptors (Lipinski definition) is 6. The topological polar surface area (TPSA) is 86.5 Å². The van der Waals surface area contributed by atoms with E-state index < -0.39 is 0 Å². The number of methoxy groups -OCH3 is 2. The predicted octanol–water partition coefficient (Wildman–Crippen LogP) is 2.93. The molecule has 0 saturated heterocycles. The first-order valence-corrected chi connectivity index (χ1v) is 7.58. The molecule has 0 atom stereocenters. The number of carbonyl (C=O) groups is 1. The van der Waals surface area contributed by atoms with Crippen molar-refractivity contribution in [2.24, 2.45) is 0 Å². The standard InChI is InChI=1S/C18H17N3O4/c1-23-14-8-6-12(7-9-14)10-16-20-21-18(25-16)19-17(22)13-4-3-5-15(11-13)24-2/h3-9,11H,10H2,1-2H3,(H,19,21,22). The molecule has 3 rings (SSSR count). The highest BCUT2D eigenvalue weighted by molar-refractivity contribution is 6.03. The molecule has 1 heterocycles. The highest BCUT2D eigenvalue weighted by atomic mass is 16.5. The minimum atomic E-state index is -0.349. The van der Waals surface area contributed by atoms with Gasteiger partial charge in [0.15, 0.2) is 0 Å². The van der Waals surface area contributed by atoms with Crippen LogP contribution in [0.25, 0.3) is 0 Å². The van der Waals surface area contributed by atoms with Gasteiger partial charge < -0.3 is 13.9 Å². The van der Waals surface area contributed by atoms with E-state index in [0.29, 0.717) is 23.6 Å². The molecule has 1 aromatic heterocycles. The summed E-state index contributed by atoms with van der Waals surface area (Å²) in [5.41, 5.74) is 1.43. The number of carbonyl (C=O) groups excluding carboxylic acids is 1. The van der Waals surface area contributed by atoms with Crippen LogP contribution >= 0.6 is 0 Å². The van der Waals surface area contributed by atoms with Crippen LogP contribution in [0.3, 0.4) is 0 Å². The summed E-state index contributed by atoms with van der Waals surface area (Å²) in [6, 6.07) is 14.4. The van der Waals surface area contributed by atoms with Crippen LogP contribution in [0.1, 0.15) is 21.8 Å². The lowest BCUT2D eigenvalue weighted by Gasteiger charge is -2.03. The summed E-state index contributed by atoms with van der Waals surface area (Å²) in [6.07, 6.45) is 0.464.